The maximum Gasteiger partial charge on any atom is 0.302 e. The van der Waals surface area contributed by atoms with Gasteiger partial charge in [-0.05, 0) is 11.6 Å². The molecule has 0 saturated heterocycles. The van der Waals surface area contributed by atoms with E-state index in [1.165, 1.54) is 0 Å². The summed E-state index contributed by atoms with van der Waals surface area (Å²) in [4.78, 5) is 20.7. The van der Waals surface area contributed by atoms with Gasteiger partial charge in [-0.25, -0.2) is 0 Å². The summed E-state index contributed by atoms with van der Waals surface area (Å²) in [6.45, 7) is 0. The molecular formula is C12H7ClN2O4. The molecule has 0 unspecified atom stereocenters. The normalized spacial score (nSPS) is 10.2. The number of hydrogen-bond acceptors (Lipinski definition) is 4. The summed E-state index contributed by atoms with van der Waals surface area (Å²) in [6, 6.07) is 10.4. The number of hydrogen-bond donors (Lipinski definition) is 0. The molecule has 0 saturated carbocycles. The highest BCUT2D eigenvalue weighted by atomic mass is 35.5. The Bertz CT molecular complexity index is 658. The van der Waals surface area contributed by atoms with Crippen LogP contribution in [0, 0.1) is 20.2 Å². The monoisotopic (exact) mass is 278 g/mol. The van der Waals surface area contributed by atoms with E-state index < -0.39 is 15.5 Å². The minimum Gasteiger partial charge on any atom is -0.258 e. The van der Waals surface area contributed by atoms with E-state index in [0.717, 1.165) is 12.1 Å². The van der Waals surface area contributed by atoms with Crippen molar-refractivity contribution in [2.24, 2.45) is 0 Å². The quantitative estimate of drug-likeness (QED) is 0.631. The molecule has 96 valence electrons. The number of nitro groups is 2. The maximum atomic E-state index is 11.1. The number of rotatable bonds is 3. The predicted molar refractivity (Wildman–Crippen MR) is 70.2 cm³/mol. The second-order valence-corrected chi connectivity index (χ2v) is 4.08. The van der Waals surface area contributed by atoms with E-state index in [-0.39, 0.29) is 16.3 Å². The molecule has 0 N–H and O–H groups in total. The first-order valence-electron chi connectivity index (χ1n) is 5.19. The molecule has 0 radical (unpaired) electrons. The lowest BCUT2D eigenvalue weighted by Crippen LogP contribution is -1.98. The van der Waals surface area contributed by atoms with Crippen LogP contribution in [0.3, 0.4) is 0 Å². The van der Waals surface area contributed by atoms with E-state index >= 15 is 0 Å². The van der Waals surface area contributed by atoms with E-state index in [0.29, 0.717) is 5.56 Å². The Hall–Kier alpha value is -2.47. The molecule has 0 aliphatic carbocycles. The van der Waals surface area contributed by atoms with Gasteiger partial charge in [0.15, 0.2) is 0 Å². The van der Waals surface area contributed by atoms with Crippen LogP contribution in [-0.2, 0) is 0 Å². The van der Waals surface area contributed by atoms with Gasteiger partial charge in [-0.1, -0.05) is 41.9 Å². The zero-order valence-corrected chi connectivity index (χ0v) is 10.2. The number of halogens is 1. The van der Waals surface area contributed by atoms with Crippen molar-refractivity contribution in [2.75, 3.05) is 0 Å². The van der Waals surface area contributed by atoms with Crippen molar-refractivity contribution < 1.29 is 9.85 Å². The summed E-state index contributed by atoms with van der Waals surface area (Å²) >= 11 is 5.79. The molecule has 0 fully saturated rings. The number of benzene rings is 2. The first-order chi connectivity index (χ1) is 9.02. The van der Waals surface area contributed by atoms with Gasteiger partial charge in [-0.15, -0.1) is 0 Å². The zero-order valence-electron chi connectivity index (χ0n) is 9.45. The molecule has 2 rings (SSSR count). The third-order valence-electron chi connectivity index (χ3n) is 2.55. The van der Waals surface area contributed by atoms with Gasteiger partial charge in [-0.2, -0.15) is 0 Å². The van der Waals surface area contributed by atoms with E-state index in [1.807, 2.05) is 0 Å². The summed E-state index contributed by atoms with van der Waals surface area (Å²) < 4.78 is 0. The van der Waals surface area contributed by atoms with Crippen LogP contribution >= 0.6 is 11.6 Å². The van der Waals surface area contributed by atoms with Crippen LogP contribution in [0.5, 0.6) is 0 Å². The molecule has 0 bridgehead atoms. The molecule has 0 aliphatic heterocycles. The third-order valence-corrected chi connectivity index (χ3v) is 2.85. The summed E-state index contributed by atoms with van der Waals surface area (Å²) in [5, 5.41) is 22.0. The van der Waals surface area contributed by atoms with E-state index in [1.54, 1.807) is 30.3 Å². The Morgan fingerprint density at radius 3 is 2.05 bits per heavy atom. The van der Waals surface area contributed by atoms with Gasteiger partial charge in [0, 0.05) is 6.07 Å². The van der Waals surface area contributed by atoms with E-state index in [9.17, 15) is 20.2 Å². The van der Waals surface area contributed by atoms with Crippen LogP contribution < -0.4 is 0 Å². The number of nitro benzene ring substituents is 2. The van der Waals surface area contributed by atoms with Gasteiger partial charge in [0.05, 0.1) is 9.85 Å². The average Bonchev–Trinajstić information content (AvgIpc) is 2.38. The highest BCUT2D eigenvalue weighted by Crippen LogP contribution is 2.42. The SMILES string of the molecule is O=[N+]([O-])c1ccc(Cl)c([N+](=O)[O-])c1-c1ccccc1. The fourth-order valence-electron chi connectivity index (χ4n) is 1.78. The molecule has 0 spiro atoms. The first-order valence-corrected chi connectivity index (χ1v) is 5.57. The van der Waals surface area contributed by atoms with Crippen molar-refractivity contribution in [1.82, 2.24) is 0 Å². The first kappa shape index (κ1) is 13.0. The second kappa shape index (κ2) is 5.03. The highest BCUT2D eigenvalue weighted by Gasteiger charge is 2.29. The van der Waals surface area contributed by atoms with Crippen LogP contribution in [0.25, 0.3) is 11.1 Å². The van der Waals surface area contributed by atoms with Crippen LogP contribution in [0.4, 0.5) is 11.4 Å². The molecule has 0 atom stereocenters. The lowest BCUT2D eigenvalue weighted by molar-refractivity contribution is -0.392. The topological polar surface area (TPSA) is 86.3 Å². The van der Waals surface area contributed by atoms with Crippen molar-refractivity contribution in [3.8, 4) is 11.1 Å². The van der Waals surface area contributed by atoms with Crippen molar-refractivity contribution in [2.45, 2.75) is 0 Å². The van der Waals surface area contributed by atoms with Gasteiger partial charge in [0.25, 0.3) is 5.69 Å². The lowest BCUT2D eigenvalue weighted by atomic mass is 10.0. The summed E-state index contributed by atoms with van der Waals surface area (Å²) in [5.41, 5.74) is -0.504. The lowest BCUT2D eigenvalue weighted by Gasteiger charge is -2.05. The van der Waals surface area contributed by atoms with Gasteiger partial charge in [-0.3, -0.25) is 20.2 Å². The Kier molecular flexibility index (Phi) is 3.43. The fourth-order valence-corrected chi connectivity index (χ4v) is 2.00. The number of nitrogens with zero attached hydrogens (tertiary/aromatic N) is 2. The molecule has 0 aliphatic rings. The summed E-state index contributed by atoms with van der Waals surface area (Å²) in [6.07, 6.45) is 0. The molecule has 2 aromatic rings. The van der Waals surface area contributed by atoms with Crippen molar-refractivity contribution >= 4 is 23.0 Å². The van der Waals surface area contributed by atoms with Crippen LogP contribution in [-0.4, -0.2) is 9.85 Å². The van der Waals surface area contributed by atoms with Gasteiger partial charge >= 0.3 is 5.69 Å². The Morgan fingerprint density at radius 1 is 0.895 bits per heavy atom. The molecule has 0 aromatic heterocycles. The van der Waals surface area contributed by atoms with Crippen molar-refractivity contribution in [1.29, 1.82) is 0 Å². The van der Waals surface area contributed by atoms with Crippen LogP contribution in [0.2, 0.25) is 5.02 Å². The van der Waals surface area contributed by atoms with Gasteiger partial charge in [0.1, 0.15) is 10.6 Å². The summed E-state index contributed by atoms with van der Waals surface area (Å²) in [7, 11) is 0. The van der Waals surface area contributed by atoms with E-state index in [4.69, 9.17) is 11.6 Å². The molecule has 19 heavy (non-hydrogen) atoms. The molecule has 7 heteroatoms. The van der Waals surface area contributed by atoms with Crippen molar-refractivity contribution in [3.05, 3.63) is 67.7 Å². The van der Waals surface area contributed by atoms with E-state index in [2.05, 4.69) is 0 Å². The molecule has 2 aromatic carbocycles. The van der Waals surface area contributed by atoms with Crippen LogP contribution in [0.15, 0.2) is 42.5 Å². The Balaban J connectivity index is 2.85. The summed E-state index contributed by atoms with van der Waals surface area (Å²) in [5.74, 6) is 0. The largest absolute Gasteiger partial charge is 0.302 e. The van der Waals surface area contributed by atoms with Crippen molar-refractivity contribution in [3.63, 3.8) is 0 Å². The maximum absolute atomic E-state index is 11.1. The average molecular weight is 279 g/mol. The highest BCUT2D eigenvalue weighted by molar-refractivity contribution is 6.33. The zero-order chi connectivity index (χ0) is 14.0. The minimum atomic E-state index is -0.711. The molecular weight excluding hydrogens is 272 g/mol. The third kappa shape index (κ3) is 2.38. The standard InChI is InChI=1S/C12H7ClN2O4/c13-9-6-7-10(14(16)17)11(12(9)15(18)19)8-4-2-1-3-5-8/h1-7H. The second-order valence-electron chi connectivity index (χ2n) is 3.67. The Labute approximate surface area is 112 Å². The fraction of sp³-hybridized carbons (Fsp3) is 0. The molecule has 0 amide bonds. The van der Waals surface area contributed by atoms with Crippen LogP contribution in [0.1, 0.15) is 0 Å². The predicted octanol–water partition coefficient (Wildman–Crippen LogP) is 3.82. The van der Waals surface area contributed by atoms with Gasteiger partial charge < -0.3 is 0 Å². The molecule has 6 nitrogen and oxygen atoms in total. The van der Waals surface area contributed by atoms with Gasteiger partial charge in [0.2, 0.25) is 0 Å². The Morgan fingerprint density at radius 2 is 1.53 bits per heavy atom. The minimum absolute atomic E-state index is 0.0805. The molecule has 0 heterocycles. The smallest absolute Gasteiger partial charge is 0.258 e.